The second kappa shape index (κ2) is 7.00. The van der Waals surface area contributed by atoms with Crippen LogP contribution in [0.25, 0.3) is 0 Å². The van der Waals surface area contributed by atoms with Gasteiger partial charge in [-0.3, -0.25) is 4.79 Å². The number of amides is 1. The van der Waals surface area contributed by atoms with Crippen molar-refractivity contribution in [3.8, 4) is 0 Å². The molecule has 102 valence electrons. The van der Waals surface area contributed by atoms with Gasteiger partial charge in [0.2, 0.25) is 5.91 Å². The summed E-state index contributed by atoms with van der Waals surface area (Å²) in [6.45, 7) is -1.62. The molecule has 0 aliphatic rings. The Morgan fingerprint density at radius 1 is 1.50 bits per heavy atom. The molecule has 1 aromatic heterocycles. The minimum atomic E-state index is -4.40. The molecule has 8 heteroatoms. The van der Waals surface area contributed by atoms with E-state index in [0.717, 1.165) is 5.82 Å². The van der Waals surface area contributed by atoms with Crippen LogP contribution >= 0.6 is 0 Å². The maximum Gasteiger partial charge on any atom is 0.411 e. The molecular formula is C10H14F3N3O2. The number of carbonyl (C=O) groups is 1. The van der Waals surface area contributed by atoms with Crippen molar-refractivity contribution in [2.45, 2.75) is 19.0 Å². The average Bonchev–Trinajstić information content (AvgIpc) is 2.75. The molecule has 0 atom stereocenters. The first-order valence-corrected chi connectivity index (χ1v) is 5.37. The number of carbonyl (C=O) groups excluding carboxylic acids is 1. The lowest BCUT2D eigenvalue weighted by Gasteiger charge is -2.07. The predicted octanol–water partition coefficient (Wildman–Crippen LogP) is 1.04. The third-order valence-corrected chi connectivity index (χ3v) is 1.97. The topological polar surface area (TPSA) is 67.0 Å². The van der Waals surface area contributed by atoms with E-state index in [0.29, 0.717) is 19.4 Å². The molecule has 0 saturated heterocycles. The Morgan fingerprint density at radius 2 is 2.28 bits per heavy atom. The number of alkyl halides is 3. The average molecular weight is 265 g/mol. The van der Waals surface area contributed by atoms with Gasteiger partial charge in [-0.25, -0.2) is 4.98 Å². The lowest BCUT2D eigenvalue weighted by molar-refractivity contribution is -0.175. The highest BCUT2D eigenvalue weighted by atomic mass is 19.4. The number of ether oxygens (including phenoxy) is 1. The monoisotopic (exact) mass is 265 g/mol. The van der Waals surface area contributed by atoms with Gasteiger partial charge in [0.25, 0.3) is 0 Å². The molecule has 0 fully saturated rings. The van der Waals surface area contributed by atoms with Gasteiger partial charge in [-0.15, -0.1) is 0 Å². The molecule has 1 rings (SSSR count). The number of nitrogens with one attached hydrogen (secondary N) is 2. The van der Waals surface area contributed by atoms with Crippen LogP contribution in [0.4, 0.5) is 13.2 Å². The second-order valence-corrected chi connectivity index (χ2v) is 3.60. The van der Waals surface area contributed by atoms with Crippen molar-refractivity contribution in [2.75, 3.05) is 19.8 Å². The van der Waals surface area contributed by atoms with Crippen molar-refractivity contribution in [3.63, 3.8) is 0 Å². The summed E-state index contributed by atoms with van der Waals surface area (Å²) in [4.78, 5) is 18.0. The van der Waals surface area contributed by atoms with Crippen molar-refractivity contribution >= 4 is 5.91 Å². The minimum absolute atomic E-state index is 0.370. The first kappa shape index (κ1) is 14.5. The van der Waals surface area contributed by atoms with Gasteiger partial charge in [-0.2, -0.15) is 13.2 Å². The number of imidazole rings is 1. The Hall–Kier alpha value is -1.57. The van der Waals surface area contributed by atoms with Crippen LogP contribution in [0.1, 0.15) is 12.2 Å². The maximum absolute atomic E-state index is 11.7. The summed E-state index contributed by atoms with van der Waals surface area (Å²) in [7, 11) is 0. The first-order chi connectivity index (χ1) is 8.47. The van der Waals surface area contributed by atoms with Crippen LogP contribution < -0.4 is 5.32 Å². The zero-order valence-corrected chi connectivity index (χ0v) is 9.59. The molecule has 1 heterocycles. The molecule has 0 aromatic carbocycles. The van der Waals surface area contributed by atoms with Gasteiger partial charge in [-0.05, 0) is 6.42 Å². The van der Waals surface area contributed by atoms with Crippen molar-refractivity contribution < 1.29 is 22.7 Å². The predicted molar refractivity (Wildman–Crippen MR) is 56.8 cm³/mol. The summed E-state index contributed by atoms with van der Waals surface area (Å²) < 4.78 is 39.3. The highest BCUT2D eigenvalue weighted by molar-refractivity contribution is 5.77. The number of aryl methyl sites for hydroxylation is 1. The lowest BCUT2D eigenvalue weighted by Crippen LogP contribution is -2.30. The van der Waals surface area contributed by atoms with Crippen molar-refractivity contribution in [1.29, 1.82) is 0 Å². The maximum atomic E-state index is 11.7. The fraction of sp³-hybridized carbons (Fsp3) is 0.600. The molecule has 18 heavy (non-hydrogen) atoms. The molecule has 0 unspecified atom stereocenters. The zero-order valence-electron chi connectivity index (χ0n) is 9.59. The summed E-state index contributed by atoms with van der Waals surface area (Å²) in [5.41, 5.74) is 0. The van der Waals surface area contributed by atoms with Gasteiger partial charge in [0.05, 0.1) is 0 Å². The third-order valence-electron chi connectivity index (χ3n) is 1.97. The summed E-state index contributed by atoms with van der Waals surface area (Å²) >= 11 is 0. The smallest absolute Gasteiger partial charge is 0.362 e. The molecule has 1 aromatic rings. The molecule has 0 bridgehead atoms. The van der Waals surface area contributed by atoms with Crippen LogP contribution in [0, 0.1) is 0 Å². The Balaban J connectivity index is 2.00. The number of aromatic amines is 1. The largest absolute Gasteiger partial charge is 0.411 e. The Labute approximate surface area is 102 Å². The van der Waals surface area contributed by atoms with E-state index in [1.165, 1.54) is 0 Å². The standard InChI is InChI=1S/C10H14F3N3O2/c11-10(12,13)7-18-6-9(17)16-3-1-2-8-14-4-5-15-8/h4-5H,1-3,6-7H2,(H,14,15)(H,16,17). The Kier molecular flexibility index (Phi) is 5.63. The third kappa shape index (κ3) is 6.89. The number of hydrogen-bond donors (Lipinski definition) is 2. The van der Waals surface area contributed by atoms with Gasteiger partial charge in [0.15, 0.2) is 0 Å². The first-order valence-electron chi connectivity index (χ1n) is 5.37. The number of rotatable bonds is 7. The highest BCUT2D eigenvalue weighted by Crippen LogP contribution is 2.13. The summed E-state index contributed by atoms with van der Waals surface area (Å²) in [5, 5.41) is 2.46. The van der Waals surface area contributed by atoms with E-state index < -0.39 is 25.3 Å². The Morgan fingerprint density at radius 3 is 2.89 bits per heavy atom. The van der Waals surface area contributed by atoms with E-state index >= 15 is 0 Å². The quantitative estimate of drug-likeness (QED) is 0.724. The van der Waals surface area contributed by atoms with Crippen molar-refractivity contribution in [2.24, 2.45) is 0 Å². The highest BCUT2D eigenvalue weighted by Gasteiger charge is 2.27. The van der Waals surface area contributed by atoms with Gasteiger partial charge in [0.1, 0.15) is 19.0 Å². The summed E-state index contributed by atoms with van der Waals surface area (Å²) in [6, 6.07) is 0. The fourth-order valence-corrected chi connectivity index (χ4v) is 1.23. The van der Waals surface area contributed by atoms with Crippen molar-refractivity contribution in [3.05, 3.63) is 18.2 Å². The number of nitrogens with zero attached hydrogens (tertiary/aromatic N) is 1. The Bertz CT molecular complexity index is 352. The van der Waals surface area contributed by atoms with Crippen LogP contribution in [-0.4, -0.2) is 41.8 Å². The molecular weight excluding hydrogens is 251 g/mol. The molecule has 1 amide bonds. The lowest BCUT2D eigenvalue weighted by atomic mass is 10.3. The van der Waals surface area contributed by atoms with Crippen LogP contribution in [0.3, 0.4) is 0 Å². The number of hydrogen-bond acceptors (Lipinski definition) is 3. The van der Waals surface area contributed by atoms with E-state index in [4.69, 9.17) is 0 Å². The summed E-state index contributed by atoms with van der Waals surface area (Å²) in [6.07, 6.45) is 0.229. The molecule has 0 aliphatic carbocycles. The van der Waals surface area contributed by atoms with E-state index in [1.54, 1.807) is 12.4 Å². The molecule has 0 radical (unpaired) electrons. The normalized spacial score (nSPS) is 11.5. The summed E-state index contributed by atoms with van der Waals surface area (Å²) in [5.74, 6) is 0.247. The van der Waals surface area contributed by atoms with E-state index in [2.05, 4.69) is 20.0 Å². The SMILES string of the molecule is O=C(COCC(F)(F)F)NCCCc1ncc[nH]1. The number of H-pyrrole nitrogens is 1. The van der Waals surface area contributed by atoms with E-state index in [-0.39, 0.29) is 0 Å². The minimum Gasteiger partial charge on any atom is -0.362 e. The molecule has 0 spiro atoms. The van der Waals surface area contributed by atoms with Crippen LogP contribution in [0.5, 0.6) is 0 Å². The van der Waals surface area contributed by atoms with Crippen LogP contribution in [0.2, 0.25) is 0 Å². The van der Waals surface area contributed by atoms with Gasteiger partial charge < -0.3 is 15.0 Å². The molecule has 2 N–H and O–H groups in total. The van der Waals surface area contributed by atoms with Gasteiger partial charge in [0, 0.05) is 25.4 Å². The number of aromatic nitrogens is 2. The molecule has 5 nitrogen and oxygen atoms in total. The molecule has 0 aliphatic heterocycles. The van der Waals surface area contributed by atoms with Crippen LogP contribution in [-0.2, 0) is 16.0 Å². The van der Waals surface area contributed by atoms with E-state index in [1.807, 2.05) is 0 Å². The van der Waals surface area contributed by atoms with Gasteiger partial charge in [-0.1, -0.05) is 0 Å². The second-order valence-electron chi connectivity index (χ2n) is 3.60. The zero-order chi connectivity index (χ0) is 13.4. The van der Waals surface area contributed by atoms with Gasteiger partial charge >= 0.3 is 6.18 Å². The van der Waals surface area contributed by atoms with Crippen LogP contribution in [0.15, 0.2) is 12.4 Å². The number of halogens is 3. The van der Waals surface area contributed by atoms with E-state index in [9.17, 15) is 18.0 Å². The fourth-order valence-electron chi connectivity index (χ4n) is 1.23. The van der Waals surface area contributed by atoms with Crippen molar-refractivity contribution in [1.82, 2.24) is 15.3 Å². The molecule has 0 saturated carbocycles.